The van der Waals surface area contributed by atoms with Gasteiger partial charge in [-0.25, -0.2) is 4.79 Å². The molecular formula is C11H20N2O3. The summed E-state index contributed by atoms with van der Waals surface area (Å²) in [5, 5.41) is 2.75. The molecule has 0 aliphatic heterocycles. The first-order chi connectivity index (χ1) is 7.28. The highest BCUT2D eigenvalue weighted by Gasteiger charge is 2.30. The van der Waals surface area contributed by atoms with E-state index in [9.17, 15) is 9.59 Å². The number of nitrogens with two attached hydrogens (primary N) is 1. The maximum atomic E-state index is 11.4. The van der Waals surface area contributed by atoms with E-state index >= 15 is 0 Å². The number of amides is 2. The van der Waals surface area contributed by atoms with Crippen LogP contribution in [0.15, 0.2) is 0 Å². The van der Waals surface area contributed by atoms with Gasteiger partial charge in [0.2, 0.25) is 5.91 Å². The van der Waals surface area contributed by atoms with Gasteiger partial charge in [0.1, 0.15) is 5.60 Å². The summed E-state index contributed by atoms with van der Waals surface area (Å²) in [5.74, 6) is -0.395. The summed E-state index contributed by atoms with van der Waals surface area (Å²) in [4.78, 5) is 22.4. The summed E-state index contributed by atoms with van der Waals surface area (Å²) >= 11 is 0. The average molecular weight is 228 g/mol. The largest absolute Gasteiger partial charge is 0.444 e. The van der Waals surface area contributed by atoms with Crippen molar-refractivity contribution in [3.63, 3.8) is 0 Å². The molecule has 92 valence electrons. The number of rotatable bonds is 2. The van der Waals surface area contributed by atoms with E-state index in [1.165, 1.54) is 0 Å². The zero-order valence-electron chi connectivity index (χ0n) is 10.1. The van der Waals surface area contributed by atoms with Gasteiger partial charge in [0.15, 0.2) is 0 Å². The Hall–Kier alpha value is -1.26. The first-order valence-electron chi connectivity index (χ1n) is 5.57. The molecule has 3 N–H and O–H groups in total. The summed E-state index contributed by atoms with van der Waals surface area (Å²) in [5.41, 5.74) is 4.72. The Labute approximate surface area is 95.7 Å². The fraction of sp³-hybridized carbons (Fsp3) is 0.818. The van der Waals surface area contributed by atoms with Crippen LogP contribution in [0.2, 0.25) is 0 Å². The van der Waals surface area contributed by atoms with Gasteiger partial charge in [-0.15, -0.1) is 0 Å². The number of ether oxygens (including phenoxy) is 1. The highest BCUT2D eigenvalue weighted by molar-refractivity contribution is 5.77. The van der Waals surface area contributed by atoms with Crippen molar-refractivity contribution in [3.8, 4) is 0 Å². The van der Waals surface area contributed by atoms with Crippen molar-refractivity contribution in [1.29, 1.82) is 0 Å². The topological polar surface area (TPSA) is 81.4 Å². The third-order valence-electron chi connectivity index (χ3n) is 2.56. The number of carbonyl (C=O) groups is 2. The van der Waals surface area contributed by atoms with Crippen LogP contribution in [-0.2, 0) is 9.53 Å². The van der Waals surface area contributed by atoms with Crippen molar-refractivity contribution >= 4 is 12.0 Å². The Bertz CT molecular complexity index is 283. The van der Waals surface area contributed by atoms with E-state index in [1.54, 1.807) is 0 Å². The lowest BCUT2D eigenvalue weighted by molar-refractivity contribution is -0.121. The molecule has 0 heterocycles. The lowest BCUT2D eigenvalue weighted by Crippen LogP contribution is -2.38. The molecule has 0 bridgehead atoms. The van der Waals surface area contributed by atoms with Crippen LogP contribution in [0.1, 0.15) is 40.0 Å². The van der Waals surface area contributed by atoms with Gasteiger partial charge in [-0.05, 0) is 40.0 Å². The second-order valence-corrected chi connectivity index (χ2v) is 5.26. The lowest BCUT2D eigenvalue weighted by Gasteiger charge is -2.21. The molecule has 0 spiro atoms. The minimum atomic E-state index is -0.494. The van der Waals surface area contributed by atoms with Gasteiger partial charge in [0.25, 0.3) is 0 Å². The predicted molar refractivity (Wildman–Crippen MR) is 59.7 cm³/mol. The van der Waals surface area contributed by atoms with Crippen LogP contribution in [-0.4, -0.2) is 23.6 Å². The molecule has 1 rings (SSSR count). The second-order valence-electron chi connectivity index (χ2n) is 5.26. The van der Waals surface area contributed by atoms with Gasteiger partial charge in [0.05, 0.1) is 0 Å². The van der Waals surface area contributed by atoms with E-state index < -0.39 is 11.7 Å². The van der Waals surface area contributed by atoms with Crippen LogP contribution in [0.4, 0.5) is 4.79 Å². The van der Waals surface area contributed by atoms with Gasteiger partial charge in [-0.1, -0.05) is 0 Å². The first-order valence-corrected chi connectivity index (χ1v) is 5.57. The predicted octanol–water partition coefficient (Wildman–Crippen LogP) is 1.17. The fourth-order valence-electron chi connectivity index (χ4n) is 1.85. The molecule has 0 aromatic carbocycles. The molecule has 1 saturated carbocycles. The van der Waals surface area contributed by atoms with E-state index in [0.29, 0.717) is 6.42 Å². The molecule has 0 aromatic heterocycles. The van der Waals surface area contributed by atoms with Crippen LogP contribution in [0.3, 0.4) is 0 Å². The molecule has 1 fully saturated rings. The zero-order chi connectivity index (χ0) is 12.3. The molecular weight excluding hydrogens is 208 g/mol. The molecule has 2 atom stereocenters. The third-order valence-corrected chi connectivity index (χ3v) is 2.56. The number of hydrogen-bond acceptors (Lipinski definition) is 3. The van der Waals surface area contributed by atoms with Crippen LogP contribution in [0.25, 0.3) is 0 Å². The number of carbonyl (C=O) groups excluding carboxylic acids is 2. The molecule has 1 aliphatic carbocycles. The van der Waals surface area contributed by atoms with E-state index in [0.717, 1.165) is 12.8 Å². The Balaban J connectivity index is 2.34. The van der Waals surface area contributed by atoms with Crippen molar-refractivity contribution in [2.45, 2.75) is 51.7 Å². The fourth-order valence-corrected chi connectivity index (χ4v) is 1.85. The van der Waals surface area contributed by atoms with E-state index in [1.807, 2.05) is 20.8 Å². The molecule has 1 aliphatic rings. The molecule has 0 aromatic rings. The Kier molecular flexibility index (Phi) is 3.78. The van der Waals surface area contributed by atoms with Crippen molar-refractivity contribution in [1.82, 2.24) is 5.32 Å². The molecule has 2 amide bonds. The zero-order valence-corrected chi connectivity index (χ0v) is 10.1. The summed E-state index contributed by atoms with van der Waals surface area (Å²) in [6.45, 7) is 5.44. The Morgan fingerprint density at radius 2 is 1.94 bits per heavy atom. The van der Waals surface area contributed by atoms with Gasteiger partial charge < -0.3 is 15.8 Å². The normalized spacial score (nSPS) is 25.2. The van der Waals surface area contributed by atoms with E-state index in [-0.39, 0.29) is 17.9 Å². The summed E-state index contributed by atoms with van der Waals surface area (Å²) in [6.07, 6.45) is 1.72. The maximum Gasteiger partial charge on any atom is 0.407 e. The Morgan fingerprint density at radius 1 is 1.31 bits per heavy atom. The molecule has 0 saturated heterocycles. The monoisotopic (exact) mass is 228 g/mol. The summed E-state index contributed by atoms with van der Waals surface area (Å²) in [6, 6.07) is 0.00681. The quantitative estimate of drug-likeness (QED) is 0.744. The molecule has 1 unspecified atom stereocenters. The SMILES string of the molecule is CC(C)(C)OC(=O)N[C@@H]1CCC(C(N)=O)C1. The number of primary amides is 1. The van der Waals surface area contributed by atoms with Crippen molar-refractivity contribution in [3.05, 3.63) is 0 Å². The molecule has 16 heavy (non-hydrogen) atoms. The maximum absolute atomic E-state index is 11.4. The average Bonchev–Trinajstić information content (AvgIpc) is 2.48. The molecule has 5 nitrogen and oxygen atoms in total. The first kappa shape index (κ1) is 12.8. The number of nitrogens with one attached hydrogen (secondary N) is 1. The van der Waals surface area contributed by atoms with Crippen molar-refractivity contribution < 1.29 is 14.3 Å². The van der Waals surface area contributed by atoms with E-state index in [4.69, 9.17) is 10.5 Å². The van der Waals surface area contributed by atoms with Gasteiger partial charge >= 0.3 is 6.09 Å². The number of alkyl carbamates (subject to hydrolysis) is 1. The van der Waals surface area contributed by atoms with Crippen molar-refractivity contribution in [2.75, 3.05) is 0 Å². The second kappa shape index (κ2) is 4.72. The van der Waals surface area contributed by atoms with E-state index in [2.05, 4.69) is 5.32 Å². The minimum Gasteiger partial charge on any atom is -0.444 e. The minimum absolute atomic E-state index is 0.00681. The standard InChI is InChI=1S/C11H20N2O3/c1-11(2,3)16-10(15)13-8-5-4-7(6-8)9(12)14/h7-8H,4-6H2,1-3H3,(H2,12,14)(H,13,15)/t7?,8-/m1/s1. The van der Waals surface area contributed by atoms with Crippen LogP contribution in [0, 0.1) is 5.92 Å². The summed E-state index contributed by atoms with van der Waals surface area (Å²) in [7, 11) is 0. The Morgan fingerprint density at radius 3 is 2.38 bits per heavy atom. The van der Waals surface area contributed by atoms with Crippen molar-refractivity contribution in [2.24, 2.45) is 11.7 Å². The lowest BCUT2D eigenvalue weighted by atomic mass is 10.1. The van der Waals surface area contributed by atoms with Crippen LogP contribution < -0.4 is 11.1 Å². The van der Waals surface area contributed by atoms with Crippen LogP contribution in [0.5, 0.6) is 0 Å². The van der Waals surface area contributed by atoms with Gasteiger partial charge in [-0.3, -0.25) is 4.79 Å². The smallest absolute Gasteiger partial charge is 0.407 e. The highest BCUT2D eigenvalue weighted by Crippen LogP contribution is 2.25. The summed E-state index contributed by atoms with van der Waals surface area (Å²) < 4.78 is 5.13. The van der Waals surface area contributed by atoms with Crippen LogP contribution >= 0.6 is 0 Å². The highest BCUT2D eigenvalue weighted by atomic mass is 16.6. The molecule has 5 heteroatoms. The third kappa shape index (κ3) is 4.08. The van der Waals surface area contributed by atoms with Gasteiger partial charge in [-0.2, -0.15) is 0 Å². The molecule has 0 radical (unpaired) electrons. The van der Waals surface area contributed by atoms with Gasteiger partial charge in [0, 0.05) is 12.0 Å². The number of hydrogen-bond donors (Lipinski definition) is 2.